The number of ether oxygens (including phenoxy) is 1. The van der Waals surface area contributed by atoms with Crippen LogP contribution in [0.4, 0.5) is 0 Å². The van der Waals surface area contributed by atoms with E-state index in [1.54, 1.807) is 7.05 Å². The number of hydrogen-bond acceptors (Lipinski definition) is 4. The molecule has 6 heteroatoms. The highest BCUT2D eigenvalue weighted by Crippen LogP contribution is 2.14. The van der Waals surface area contributed by atoms with Crippen LogP contribution in [-0.4, -0.2) is 48.8 Å². The first-order chi connectivity index (χ1) is 8.66. The summed E-state index contributed by atoms with van der Waals surface area (Å²) < 4.78 is 5.48. The lowest BCUT2D eigenvalue weighted by Gasteiger charge is -2.19. The molecule has 0 unspecified atom stereocenters. The first-order valence-electron chi connectivity index (χ1n) is 6.40. The Balaban J connectivity index is 1.74. The first-order valence-corrected chi connectivity index (χ1v) is 6.40. The van der Waals surface area contributed by atoms with Crippen LogP contribution in [0.15, 0.2) is 5.10 Å². The maximum atomic E-state index is 11.8. The van der Waals surface area contributed by atoms with E-state index in [4.69, 9.17) is 4.74 Å². The van der Waals surface area contributed by atoms with Gasteiger partial charge in [0.25, 0.3) is 5.91 Å². The van der Waals surface area contributed by atoms with E-state index < -0.39 is 0 Å². The van der Waals surface area contributed by atoms with Gasteiger partial charge in [0.1, 0.15) is 5.71 Å². The van der Waals surface area contributed by atoms with Crippen molar-refractivity contribution in [2.24, 2.45) is 5.10 Å². The second-order valence-corrected chi connectivity index (χ2v) is 4.64. The Labute approximate surface area is 106 Å². The SMILES string of the molecule is CN1N=C(C(=O)NCC[C@@H]2CCCO2)CCC1=O. The fraction of sp³-hybridized carbons (Fsp3) is 0.750. The van der Waals surface area contributed by atoms with Crippen LogP contribution in [0.5, 0.6) is 0 Å². The molecule has 0 aliphatic carbocycles. The minimum absolute atomic E-state index is 0.0501. The van der Waals surface area contributed by atoms with E-state index in [0.717, 1.165) is 25.9 Å². The number of hydrogen-bond donors (Lipinski definition) is 1. The number of hydrazone groups is 1. The van der Waals surface area contributed by atoms with Crippen molar-refractivity contribution >= 4 is 17.5 Å². The maximum absolute atomic E-state index is 11.8. The van der Waals surface area contributed by atoms with Gasteiger partial charge in [0.05, 0.1) is 6.10 Å². The normalized spacial score (nSPS) is 24.1. The van der Waals surface area contributed by atoms with Gasteiger partial charge in [-0.2, -0.15) is 5.10 Å². The molecule has 0 saturated carbocycles. The zero-order valence-corrected chi connectivity index (χ0v) is 10.6. The number of nitrogens with zero attached hydrogens (tertiary/aromatic N) is 2. The van der Waals surface area contributed by atoms with Crippen LogP contribution in [-0.2, 0) is 14.3 Å². The molecule has 18 heavy (non-hydrogen) atoms. The Bertz CT molecular complexity index is 362. The van der Waals surface area contributed by atoms with Gasteiger partial charge < -0.3 is 10.1 Å². The molecule has 0 spiro atoms. The van der Waals surface area contributed by atoms with Crippen molar-refractivity contribution in [1.82, 2.24) is 10.3 Å². The van der Waals surface area contributed by atoms with E-state index in [-0.39, 0.29) is 17.9 Å². The summed E-state index contributed by atoms with van der Waals surface area (Å²) >= 11 is 0. The lowest BCUT2D eigenvalue weighted by molar-refractivity contribution is -0.130. The lowest BCUT2D eigenvalue weighted by Crippen LogP contribution is -2.38. The summed E-state index contributed by atoms with van der Waals surface area (Å²) in [6, 6.07) is 0. The molecular formula is C12H19N3O3. The summed E-state index contributed by atoms with van der Waals surface area (Å²) in [5.74, 6) is -0.224. The lowest BCUT2D eigenvalue weighted by atomic mass is 10.1. The minimum atomic E-state index is -0.174. The highest BCUT2D eigenvalue weighted by atomic mass is 16.5. The van der Waals surface area contributed by atoms with Crippen molar-refractivity contribution in [3.63, 3.8) is 0 Å². The van der Waals surface area contributed by atoms with Gasteiger partial charge in [0, 0.05) is 33.0 Å². The topological polar surface area (TPSA) is 71.0 Å². The van der Waals surface area contributed by atoms with Gasteiger partial charge in [-0.3, -0.25) is 9.59 Å². The third kappa shape index (κ3) is 3.29. The highest BCUT2D eigenvalue weighted by Gasteiger charge is 2.22. The molecule has 1 fully saturated rings. The van der Waals surface area contributed by atoms with Crippen molar-refractivity contribution < 1.29 is 14.3 Å². The van der Waals surface area contributed by atoms with Crippen LogP contribution in [0.25, 0.3) is 0 Å². The zero-order chi connectivity index (χ0) is 13.0. The number of amides is 2. The van der Waals surface area contributed by atoms with Crippen LogP contribution < -0.4 is 5.32 Å². The third-order valence-corrected chi connectivity index (χ3v) is 3.25. The van der Waals surface area contributed by atoms with Gasteiger partial charge in [-0.15, -0.1) is 0 Å². The average Bonchev–Trinajstić information content (AvgIpc) is 2.85. The predicted molar refractivity (Wildman–Crippen MR) is 66.0 cm³/mol. The quantitative estimate of drug-likeness (QED) is 0.782. The standard InChI is InChI=1S/C12H19N3O3/c1-15-11(16)5-4-10(14-15)12(17)13-7-6-9-3-2-8-18-9/h9H,2-8H2,1H3,(H,13,17)/t9-/m0/s1. The molecule has 2 aliphatic rings. The molecule has 2 aliphatic heterocycles. The van der Waals surface area contributed by atoms with Crippen molar-refractivity contribution in [3.8, 4) is 0 Å². The molecule has 2 heterocycles. The van der Waals surface area contributed by atoms with Gasteiger partial charge in [0.2, 0.25) is 5.91 Å². The second-order valence-electron chi connectivity index (χ2n) is 4.64. The first kappa shape index (κ1) is 13.0. The Morgan fingerprint density at radius 2 is 2.39 bits per heavy atom. The molecule has 1 N–H and O–H groups in total. The molecular weight excluding hydrogens is 234 g/mol. The Hall–Kier alpha value is -1.43. The van der Waals surface area contributed by atoms with E-state index in [9.17, 15) is 9.59 Å². The van der Waals surface area contributed by atoms with Crippen LogP contribution in [0.3, 0.4) is 0 Å². The molecule has 0 aromatic carbocycles. The summed E-state index contributed by atoms with van der Waals surface area (Å²) in [6.07, 6.45) is 4.09. The van der Waals surface area contributed by atoms with E-state index in [2.05, 4.69) is 10.4 Å². The van der Waals surface area contributed by atoms with E-state index >= 15 is 0 Å². The van der Waals surface area contributed by atoms with E-state index in [0.29, 0.717) is 25.1 Å². The summed E-state index contributed by atoms with van der Waals surface area (Å²) in [5, 5.41) is 8.03. The molecule has 0 aromatic rings. The maximum Gasteiger partial charge on any atom is 0.267 e. The molecule has 0 bridgehead atoms. The second kappa shape index (κ2) is 5.95. The van der Waals surface area contributed by atoms with Gasteiger partial charge in [-0.25, -0.2) is 5.01 Å². The van der Waals surface area contributed by atoms with Gasteiger partial charge in [-0.1, -0.05) is 0 Å². The Morgan fingerprint density at radius 1 is 1.56 bits per heavy atom. The fourth-order valence-corrected chi connectivity index (χ4v) is 2.15. The number of nitrogens with one attached hydrogen (secondary N) is 1. The minimum Gasteiger partial charge on any atom is -0.378 e. The molecule has 0 aromatic heterocycles. The molecule has 2 rings (SSSR count). The molecule has 100 valence electrons. The van der Waals surface area contributed by atoms with E-state index in [1.165, 1.54) is 5.01 Å². The Morgan fingerprint density at radius 3 is 3.06 bits per heavy atom. The van der Waals surface area contributed by atoms with Crippen molar-refractivity contribution in [2.45, 2.75) is 38.2 Å². The third-order valence-electron chi connectivity index (χ3n) is 3.25. The van der Waals surface area contributed by atoms with Crippen molar-refractivity contribution in [2.75, 3.05) is 20.2 Å². The number of carbonyl (C=O) groups is 2. The fourth-order valence-electron chi connectivity index (χ4n) is 2.15. The van der Waals surface area contributed by atoms with Crippen LogP contribution in [0.1, 0.15) is 32.1 Å². The van der Waals surface area contributed by atoms with Crippen molar-refractivity contribution in [3.05, 3.63) is 0 Å². The van der Waals surface area contributed by atoms with Crippen LogP contribution in [0, 0.1) is 0 Å². The molecule has 0 radical (unpaired) electrons. The van der Waals surface area contributed by atoms with Crippen LogP contribution in [0.2, 0.25) is 0 Å². The van der Waals surface area contributed by atoms with Crippen LogP contribution >= 0.6 is 0 Å². The van der Waals surface area contributed by atoms with Gasteiger partial charge >= 0.3 is 0 Å². The Kier molecular flexibility index (Phi) is 4.30. The molecule has 6 nitrogen and oxygen atoms in total. The molecule has 1 saturated heterocycles. The molecule has 1 atom stereocenters. The van der Waals surface area contributed by atoms with Gasteiger partial charge in [0.15, 0.2) is 0 Å². The van der Waals surface area contributed by atoms with Gasteiger partial charge in [-0.05, 0) is 19.3 Å². The largest absolute Gasteiger partial charge is 0.378 e. The van der Waals surface area contributed by atoms with Crippen molar-refractivity contribution in [1.29, 1.82) is 0 Å². The zero-order valence-electron chi connectivity index (χ0n) is 10.6. The molecule has 2 amide bonds. The number of carbonyl (C=O) groups excluding carboxylic acids is 2. The average molecular weight is 253 g/mol. The summed E-state index contributed by atoms with van der Waals surface area (Å²) in [6.45, 7) is 1.43. The smallest absolute Gasteiger partial charge is 0.267 e. The summed E-state index contributed by atoms with van der Waals surface area (Å²) in [4.78, 5) is 23.0. The highest BCUT2D eigenvalue weighted by molar-refractivity contribution is 6.39. The summed E-state index contributed by atoms with van der Waals surface area (Å²) in [5.41, 5.74) is 0.435. The predicted octanol–water partition coefficient (Wildman–Crippen LogP) is 0.280. The van der Waals surface area contributed by atoms with E-state index in [1.807, 2.05) is 0 Å². The summed E-state index contributed by atoms with van der Waals surface area (Å²) in [7, 11) is 1.57. The number of rotatable bonds is 4. The monoisotopic (exact) mass is 253 g/mol.